The normalized spacial score (nSPS) is 16.1. The van der Waals surface area contributed by atoms with E-state index in [1.54, 1.807) is 0 Å². The molecule has 0 aliphatic carbocycles. The van der Waals surface area contributed by atoms with Gasteiger partial charge in [0.05, 0.1) is 0 Å². The molecule has 30 heavy (non-hydrogen) atoms. The average molecular weight is 418 g/mol. The molecular formula is C28H39NSi. The quantitative estimate of drug-likeness (QED) is 0.393. The minimum Gasteiger partial charge on any atom is -0.380 e. The summed E-state index contributed by atoms with van der Waals surface area (Å²) in [6.07, 6.45) is 12.0. The van der Waals surface area contributed by atoms with Crippen LogP contribution in [0.2, 0.25) is 16.6 Å². The molecule has 0 aromatic heterocycles. The lowest BCUT2D eigenvalue weighted by Crippen LogP contribution is -2.56. The summed E-state index contributed by atoms with van der Waals surface area (Å²) in [5.74, 6) is 0. The van der Waals surface area contributed by atoms with Crippen molar-refractivity contribution in [2.45, 2.75) is 71.0 Å². The molecule has 1 aliphatic rings. The molecule has 1 nitrogen and oxygen atoms in total. The highest BCUT2D eigenvalue weighted by Gasteiger charge is 2.48. The zero-order chi connectivity index (χ0) is 21.8. The van der Waals surface area contributed by atoms with Crippen molar-refractivity contribution in [2.75, 3.05) is 0 Å². The Bertz CT molecular complexity index is 769. The van der Waals surface area contributed by atoms with Gasteiger partial charge in [0, 0.05) is 5.41 Å². The van der Waals surface area contributed by atoms with Crippen molar-refractivity contribution in [1.29, 1.82) is 0 Å². The molecule has 0 atom stereocenters. The van der Waals surface area contributed by atoms with Gasteiger partial charge >= 0.3 is 0 Å². The lowest BCUT2D eigenvalue weighted by atomic mass is 9.76. The van der Waals surface area contributed by atoms with Crippen LogP contribution < -0.4 is 0 Å². The summed E-state index contributed by atoms with van der Waals surface area (Å²) in [7, 11) is -1.71. The van der Waals surface area contributed by atoms with Crippen LogP contribution in [0.25, 0.3) is 0 Å². The summed E-state index contributed by atoms with van der Waals surface area (Å²) in [6, 6.07) is 21.9. The van der Waals surface area contributed by atoms with Gasteiger partial charge in [-0.05, 0) is 53.0 Å². The van der Waals surface area contributed by atoms with Crippen LogP contribution in [0.3, 0.4) is 0 Å². The molecule has 0 saturated heterocycles. The summed E-state index contributed by atoms with van der Waals surface area (Å²) in [5, 5.41) is 0. The van der Waals surface area contributed by atoms with E-state index in [0.717, 1.165) is 12.8 Å². The van der Waals surface area contributed by atoms with Gasteiger partial charge in [-0.3, -0.25) is 0 Å². The Morgan fingerprint density at radius 2 is 1.00 bits per heavy atom. The third-order valence-corrected chi connectivity index (χ3v) is 13.8. The van der Waals surface area contributed by atoms with Crippen LogP contribution in [0.1, 0.15) is 52.7 Å². The molecule has 0 spiro atoms. The van der Waals surface area contributed by atoms with Gasteiger partial charge in [0.2, 0.25) is 0 Å². The number of benzene rings is 2. The van der Waals surface area contributed by atoms with Crippen LogP contribution in [0.4, 0.5) is 0 Å². The lowest BCUT2D eigenvalue weighted by Gasteiger charge is -2.51. The predicted octanol–water partition coefficient (Wildman–Crippen LogP) is 7.98. The first kappa shape index (κ1) is 22.6. The van der Waals surface area contributed by atoms with Crippen LogP contribution in [-0.2, 0) is 12.8 Å². The largest absolute Gasteiger partial charge is 0.380 e. The van der Waals surface area contributed by atoms with Crippen molar-refractivity contribution in [3.05, 3.63) is 96.3 Å². The van der Waals surface area contributed by atoms with Crippen molar-refractivity contribution in [1.82, 2.24) is 4.57 Å². The first-order valence-corrected chi connectivity index (χ1v) is 13.7. The molecular weight excluding hydrogens is 378 g/mol. The Hall–Kier alpha value is -2.06. The number of allylic oxidation sites excluding steroid dienone is 2. The summed E-state index contributed by atoms with van der Waals surface area (Å²) in [6.45, 7) is 14.6. The molecule has 0 radical (unpaired) electrons. The monoisotopic (exact) mass is 417 g/mol. The molecule has 2 aromatic rings. The fraction of sp³-hybridized carbons (Fsp3) is 0.429. The van der Waals surface area contributed by atoms with Gasteiger partial charge in [-0.1, -0.05) is 114 Å². The molecule has 0 saturated carbocycles. The molecule has 0 bridgehead atoms. The van der Waals surface area contributed by atoms with E-state index in [-0.39, 0.29) is 5.41 Å². The molecule has 160 valence electrons. The second-order valence-corrected chi connectivity index (χ2v) is 15.7. The average Bonchev–Trinajstić information content (AvgIpc) is 2.70. The minimum atomic E-state index is -1.71. The summed E-state index contributed by atoms with van der Waals surface area (Å²) < 4.78 is 2.65. The molecule has 0 unspecified atom stereocenters. The van der Waals surface area contributed by atoms with E-state index in [4.69, 9.17) is 0 Å². The molecule has 1 aliphatic heterocycles. The molecule has 0 fully saturated rings. The van der Waals surface area contributed by atoms with E-state index in [1.807, 2.05) is 0 Å². The van der Waals surface area contributed by atoms with Gasteiger partial charge in [-0.15, -0.1) is 0 Å². The number of hydrogen-bond acceptors (Lipinski definition) is 1. The van der Waals surface area contributed by atoms with Crippen molar-refractivity contribution in [3.63, 3.8) is 0 Å². The highest BCUT2D eigenvalue weighted by molar-refractivity contribution is 6.81. The van der Waals surface area contributed by atoms with Gasteiger partial charge in [0.25, 0.3) is 0 Å². The predicted molar refractivity (Wildman–Crippen MR) is 134 cm³/mol. The Labute approximate surface area is 185 Å². The first-order chi connectivity index (χ1) is 14.3. The van der Waals surface area contributed by atoms with Crippen LogP contribution >= 0.6 is 0 Å². The van der Waals surface area contributed by atoms with Gasteiger partial charge in [-0.25, -0.2) is 0 Å². The van der Waals surface area contributed by atoms with Crippen molar-refractivity contribution in [2.24, 2.45) is 5.41 Å². The molecule has 3 rings (SSSR count). The zero-order valence-corrected chi connectivity index (χ0v) is 20.7. The fourth-order valence-corrected chi connectivity index (χ4v) is 12.4. The van der Waals surface area contributed by atoms with Gasteiger partial charge < -0.3 is 4.57 Å². The second kappa shape index (κ2) is 9.39. The van der Waals surface area contributed by atoms with Crippen LogP contribution in [0.15, 0.2) is 85.2 Å². The smallest absolute Gasteiger partial charge is 0.168 e. The Morgan fingerprint density at radius 3 is 1.33 bits per heavy atom. The Morgan fingerprint density at radius 1 is 0.633 bits per heavy atom. The SMILES string of the molecule is CC(C)[Si](C(C)C)(C(C)C)N1C=CC(Cc2ccccc2)(Cc2ccccc2)C=C1. The number of hydrogen-bond donors (Lipinski definition) is 0. The van der Waals surface area contributed by atoms with Gasteiger partial charge in [0.1, 0.15) is 0 Å². The van der Waals surface area contributed by atoms with Gasteiger partial charge in [-0.2, -0.15) is 0 Å². The summed E-state index contributed by atoms with van der Waals surface area (Å²) in [5.41, 5.74) is 4.91. The second-order valence-electron chi connectivity index (χ2n) is 9.95. The van der Waals surface area contributed by atoms with Crippen molar-refractivity contribution in [3.8, 4) is 0 Å². The van der Waals surface area contributed by atoms with E-state index in [1.165, 1.54) is 11.1 Å². The maximum atomic E-state index is 2.65. The standard InChI is InChI=1S/C28H39NSi/c1-23(2)30(24(3)4,25(5)6)29-19-17-28(18-20-29,21-26-13-9-7-10-14-26)22-27-15-11-8-12-16-27/h7-20,23-25H,21-22H2,1-6H3. The van der Waals surface area contributed by atoms with E-state index in [0.29, 0.717) is 16.6 Å². The number of rotatable bonds is 8. The highest BCUT2D eigenvalue weighted by Crippen LogP contribution is 2.46. The highest BCUT2D eigenvalue weighted by atomic mass is 28.3. The Balaban J connectivity index is 1.97. The third kappa shape index (κ3) is 4.49. The van der Waals surface area contributed by atoms with Crippen molar-refractivity contribution < 1.29 is 0 Å². The van der Waals surface area contributed by atoms with Gasteiger partial charge in [0.15, 0.2) is 8.24 Å². The van der Waals surface area contributed by atoms with E-state index < -0.39 is 8.24 Å². The van der Waals surface area contributed by atoms with Crippen LogP contribution in [0, 0.1) is 5.41 Å². The van der Waals surface area contributed by atoms with E-state index in [2.05, 4.69) is 131 Å². The third-order valence-electron chi connectivity index (χ3n) is 7.11. The maximum Gasteiger partial charge on any atom is 0.168 e. The van der Waals surface area contributed by atoms with Crippen molar-refractivity contribution >= 4 is 8.24 Å². The molecule has 1 heterocycles. The molecule has 0 N–H and O–H groups in total. The summed E-state index contributed by atoms with van der Waals surface area (Å²) >= 11 is 0. The number of nitrogens with zero attached hydrogens (tertiary/aromatic N) is 1. The minimum absolute atomic E-state index is 0.0181. The lowest BCUT2D eigenvalue weighted by molar-refractivity contribution is 0.454. The Kier molecular flexibility index (Phi) is 7.08. The van der Waals surface area contributed by atoms with Crippen LogP contribution in [0.5, 0.6) is 0 Å². The molecule has 2 aromatic carbocycles. The van der Waals surface area contributed by atoms with Crippen LogP contribution in [-0.4, -0.2) is 12.8 Å². The van der Waals surface area contributed by atoms with E-state index in [9.17, 15) is 0 Å². The summed E-state index contributed by atoms with van der Waals surface area (Å²) in [4.78, 5) is 0. The zero-order valence-electron chi connectivity index (χ0n) is 19.7. The molecule has 0 amide bonds. The molecule has 2 heteroatoms. The fourth-order valence-electron chi connectivity index (χ4n) is 5.97. The maximum absolute atomic E-state index is 2.65. The first-order valence-electron chi connectivity index (χ1n) is 11.5. The topological polar surface area (TPSA) is 3.24 Å². The van der Waals surface area contributed by atoms with E-state index >= 15 is 0 Å².